The van der Waals surface area contributed by atoms with Crippen LogP contribution in [0.15, 0.2) is 6.20 Å². The predicted octanol–water partition coefficient (Wildman–Crippen LogP) is 2.22. The highest BCUT2D eigenvalue weighted by Crippen LogP contribution is 2.31. The molecule has 1 fully saturated rings. The zero-order valence-electron chi connectivity index (χ0n) is 12.4. The van der Waals surface area contributed by atoms with E-state index in [0.717, 1.165) is 17.8 Å². The zero-order chi connectivity index (χ0) is 14.8. The van der Waals surface area contributed by atoms with Crippen molar-refractivity contribution >= 4 is 21.5 Å². The van der Waals surface area contributed by atoms with Gasteiger partial charge in [0.05, 0.1) is 5.01 Å². The fourth-order valence-corrected chi connectivity index (χ4v) is 5.23. The van der Waals surface area contributed by atoms with Gasteiger partial charge in [-0.05, 0) is 19.8 Å². The number of thiazole rings is 1. The maximum Gasteiger partial charge on any atom is 0.281 e. The van der Waals surface area contributed by atoms with Gasteiger partial charge in [0.15, 0.2) is 0 Å². The van der Waals surface area contributed by atoms with Gasteiger partial charge in [-0.1, -0.05) is 13.8 Å². The first-order valence-electron chi connectivity index (χ1n) is 7.16. The number of hydrogen-bond acceptors (Lipinski definition) is 4. The van der Waals surface area contributed by atoms with Crippen LogP contribution in [0.25, 0.3) is 0 Å². The van der Waals surface area contributed by atoms with Gasteiger partial charge in [0.1, 0.15) is 0 Å². The van der Waals surface area contributed by atoms with Gasteiger partial charge >= 0.3 is 0 Å². The molecule has 0 radical (unpaired) electrons. The third kappa shape index (κ3) is 3.21. The minimum Gasteiger partial charge on any atom is -0.249 e. The van der Waals surface area contributed by atoms with Crippen LogP contribution in [0.1, 0.15) is 42.5 Å². The lowest BCUT2D eigenvalue weighted by Crippen LogP contribution is -2.47. The summed E-state index contributed by atoms with van der Waals surface area (Å²) >= 11 is 1.68. The summed E-state index contributed by atoms with van der Waals surface area (Å²) in [7, 11) is -3.31. The summed E-state index contributed by atoms with van der Waals surface area (Å²) in [6, 6.07) is 0. The molecular formula is C13H23N3O2S2. The zero-order valence-corrected chi connectivity index (χ0v) is 14.0. The summed E-state index contributed by atoms with van der Waals surface area (Å²) in [6.07, 6.45) is 3.80. The summed E-state index contributed by atoms with van der Waals surface area (Å²) in [4.78, 5) is 5.61. The molecule has 1 aromatic rings. The maximum absolute atomic E-state index is 12.6. The van der Waals surface area contributed by atoms with Gasteiger partial charge in [0.25, 0.3) is 10.2 Å². The van der Waals surface area contributed by atoms with E-state index in [2.05, 4.69) is 4.98 Å². The molecule has 2 heterocycles. The van der Waals surface area contributed by atoms with Crippen LogP contribution in [0.2, 0.25) is 0 Å². The van der Waals surface area contributed by atoms with Crippen molar-refractivity contribution in [3.05, 3.63) is 16.1 Å². The van der Waals surface area contributed by atoms with Crippen molar-refractivity contribution in [1.29, 1.82) is 0 Å². The smallest absolute Gasteiger partial charge is 0.249 e. The van der Waals surface area contributed by atoms with Gasteiger partial charge in [-0.3, -0.25) is 0 Å². The topological polar surface area (TPSA) is 53.5 Å². The summed E-state index contributed by atoms with van der Waals surface area (Å²) in [5.41, 5.74) is 0. The minimum atomic E-state index is -3.31. The van der Waals surface area contributed by atoms with Gasteiger partial charge in [-0.15, -0.1) is 11.3 Å². The van der Waals surface area contributed by atoms with E-state index in [0.29, 0.717) is 26.2 Å². The van der Waals surface area contributed by atoms with Gasteiger partial charge in [0.2, 0.25) is 0 Å². The molecule has 1 aliphatic rings. The Morgan fingerprint density at radius 1 is 1.45 bits per heavy atom. The van der Waals surface area contributed by atoms with Crippen LogP contribution >= 0.6 is 11.3 Å². The molecule has 2 rings (SSSR count). The Balaban J connectivity index is 2.14. The highest BCUT2D eigenvalue weighted by Gasteiger charge is 2.33. The molecule has 1 aliphatic heterocycles. The highest BCUT2D eigenvalue weighted by molar-refractivity contribution is 7.86. The molecule has 7 heteroatoms. The first-order valence-corrected chi connectivity index (χ1v) is 9.37. The van der Waals surface area contributed by atoms with Crippen LogP contribution in [-0.4, -0.2) is 48.2 Å². The van der Waals surface area contributed by atoms with Crippen LogP contribution in [-0.2, 0) is 10.2 Å². The van der Waals surface area contributed by atoms with Gasteiger partial charge in [-0.25, -0.2) is 4.98 Å². The van der Waals surface area contributed by atoms with Crippen molar-refractivity contribution in [3.8, 4) is 0 Å². The summed E-state index contributed by atoms with van der Waals surface area (Å²) in [5.74, 6) is 0.243. The molecule has 0 bridgehead atoms. The van der Waals surface area contributed by atoms with Gasteiger partial charge in [0, 0.05) is 43.2 Å². The Morgan fingerprint density at radius 2 is 2.15 bits per heavy atom. The summed E-state index contributed by atoms with van der Waals surface area (Å²) in [6.45, 7) is 8.03. The predicted molar refractivity (Wildman–Crippen MR) is 82.2 cm³/mol. The molecule has 0 N–H and O–H groups in total. The Hall–Kier alpha value is -0.500. The largest absolute Gasteiger partial charge is 0.281 e. The number of aryl methyl sites for hydroxylation is 1. The molecule has 1 atom stereocenters. The van der Waals surface area contributed by atoms with Crippen molar-refractivity contribution in [2.24, 2.45) is 0 Å². The highest BCUT2D eigenvalue weighted by atomic mass is 32.2. The Kier molecular flexibility index (Phi) is 5.17. The number of piperidine rings is 1. The average molecular weight is 317 g/mol. The molecule has 114 valence electrons. The van der Waals surface area contributed by atoms with E-state index < -0.39 is 10.2 Å². The van der Waals surface area contributed by atoms with E-state index in [1.807, 2.05) is 27.0 Å². The van der Waals surface area contributed by atoms with Crippen LogP contribution in [0.5, 0.6) is 0 Å². The van der Waals surface area contributed by atoms with E-state index >= 15 is 0 Å². The van der Waals surface area contributed by atoms with Crippen LogP contribution in [0, 0.1) is 6.92 Å². The maximum atomic E-state index is 12.6. The van der Waals surface area contributed by atoms with Crippen molar-refractivity contribution in [2.45, 2.75) is 39.5 Å². The molecule has 0 aliphatic carbocycles. The van der Waals surface area contributed by atoms with Crippen LogP contribution in [0.4, 0.5) is 0 Å². The van der Waals surface area contributed by atoms with E-state index in [1.54, 1.807) is 15.6 Å². The summed E-state index contributed by atoms with van der Waals surface area (Å²) < 4.78 is 28.3. The quantitative estimate of drug-likeness (QED) is 0.837. The second-order valence-corrected chi connectivity index (χ2v) is 8.29. The molecule has 1 aromatic heterocycles. The van der Waals surface area contributed by atoms with E-state index in [1.165, 1.54) is 9.18 Å². The SMILES string of the molecule is CCN(CC)S(=O)(=O)N1CCCC(c2ncc(C)s2)C1. The van der Waals surface area contributed by atoms with E-state index in [-0.39, 0.29) is 5.92 Å². The molecule has 5 nitrogen and oxygen atoms in total. The normalized spacial score (nSPS) is 21.5. The Bertz CT molecular complexity index is 538. The second kappa shape index (κ2) is 6.51. The number of hydrogen-bond donors (Lipinski definition) is 0. The lowest BCUT2D eigenvalue weighted by Gasteiger charge is -2.34. The number of nitrogens with zero attached hydrogens (tertiary/aromatic N) is 3. The monoisotopic (exact) mass is 317 g/mol. The fraction of sp³-hybridized carbons (Fsp3) is 0.769. The van der Waals surface area contributed by atoms with Crippen LogP contribution in [0.3, 0.4) is 0 Å². The molecule has 0 saturated carbocycles. The van der Waals surface area contributed by atoms with Crippen molar-refractivity contribution in [1.82, 2.24) is 13.6 Å². The first-order chi connectivity index (χ1) is 9.48. The van der Waals surface area contributed by atoms with Crippen molar-refractivity contribution < 1.29 is 8.42 Å². The lowest BCUT2D eigenvalue weighted by atomic mass is 10.0. The average Bonchev–Trinajstić information content (AvgIpc) is 2.87. The molecule has 0 amide bonds. The second-order valence-electron chi connectivity index (χ2n) is 5.10. The lowest BCUT2D eigenvalue weighted by molar-refractivity contribution is 0.287. The van der Waals surface area contributed by atoms with Crippen LogP contribution < -0.4 is 0 Å². The van der Waals surface area contributed by atoms with Gasteiger partial charge < -0.3 is 0 Å². The minimum absolute atomic E-state index is 0.243. The van der Waals surface area contributed by atoms with E-state index in [4.69, 9.17) is 0 Å². The first kappa shape index (κ1) is 15.9. The van der Waals surface area contributed by atoms with Crippen molar-refractivity contribution in [3.63, 3.8) is 0 Å². The Labute approximate surface area is 125 Å². The molecule has 1 unspecified atom stereocenters. The van der Waals surface area contributed by atoms with E-state index in [9.17, 15) is 8.42 Å². The molecule has 0 aromatic carbocycles. The number of rotatable bonds is 5. The molecule has 0 spiro atoms. The molecule has 1 saturated heterocycles. The number of aromatic nitrogens is 1. The third-order valence-electron chi connectivity index (χ3n) is 3.73. The fourth-order valence-electron chi connectivity index (χ4n) is 2.63. The van der Waals surface area contributed by atoms with Gasteiger partial charge in [-0.2, -0.15) is 17.0 Å². The summed E-state index contributed by atoms with van der Waals surface area (Å²) in [5, 5.41) is 1.07. The standard InChI is InChI=1S/C13H23N3O2S2/c1-4-15(5-2)20(17,18)16-8-6-7-12(10-16)13-14-9-11(3)19-13/h9,12H,4-8,10H2,1-3H3. The Morgan fingerprint density at radius 3 is 2.70 bits per heavy atom. The molecular weight excluding hydrogens is 294 g/mol. The van der Waals surface area contributed by atoms with Crippen molar-refractivity contribution in [2.75, 3.05) is 26.2 Å². The molecule has 20 heavy (non-hydrogen) atoms. The third-order valence-corrected chi connectivity index (χ3v) is 6.96.